The van der Waals surface area contributed by atoms with E-state index in [9.17, 15) is 0 Å². The molecule has 0 N–H and O–H groups in total. The van der Waals surface area contributed by atoms with E-state index in [-0.39, 0.29) is 0 Å². The Hall–Kier alpha value is 0. The fourth-order valence-electron chi connectivity index (χ4n) is 4.27. The van der Waals surface area contributed by atoms with Crippen LogP contribution >= 0.6 is 0 Å². The van der Waals surface area contributed by atoms with Crippen molar-refractivity contribution in [2.24, 2.45) is 22.7 Å². The van der Waals surface area contributed by atoms with Crippen LogP contribution in [0.4, 0.5) is 0 Å². The summed E-state index contributed by atoms with van der Waals surface area (Å²) in [6.45, 7) is 19.3. The Morgan fingerprint density at radius 3 is 1.70 bits per heavy atom. The summed E-state index contributed by atoms with van der Waals surface area (Å²) in [5.41, 5.74) is 0.910. The second-order valence-corrected chi connectivity index (χ2v) is 9.13. The molecule has 0 aromatic heterocycles. The third kappa shape index (κ3) is 9.03. The molecule has 0 aliphatic rings. The van der Waals surface area contributed by atoms with E-state index in [0.29, 0.717) is 10.8 Å². The Bertz CT molecular complexity index is 229. The van der Waals surface area contributed by atoms with Crippen LogP contribution in [-0.2, 0) is 0 Å². The summed E-state index contributed by atoms with van der Waals surface area (Å²) < 4.78 is 0. The second kappa shape index (κ2) is 9.11. The van der Waals surface area contributed by atoms with Gasteiger partial charge in [0, 0.05) is 0 Å². The molecule has 1 atom stereocenters. The van der Waals surface area contributed by atoms with Crippen LogP contribution in [0.5, 0.6) is 0 Å². The first kappa shape index (κ1) is 20.0. The van der Waals surface area contributed by atoms with Crippen LogP contribution < -0.4 is 0 Å². The lowest BCUT2D eigenvalue weighted by atomic mass is 9.64. The largest absolute Gasteiger partial charge is 0.0654 e. The highest BCUT2D eigenvalue weighted by Crippen LogP contribution is 2.44. The minimum atomic E-state index is 0.442. The monoisotopic (exact) mass is 282 g/mol. The van der Waals surface area contributed by atoms with Gasteiger partial charge in [0.05, 0.1) is 0 Å². The highest BCUT2D eigenvalue weighted by molar-refractivity contribution is 4.84. The maximum Gasteiger partial charge on any atom is -0.0318 e. The predicted octanol–water partition coefficient (Wildman–Crippen LogP) is 7.47. The molecule has 0 aliphatic heterocycles. The van der Waals surface area contributed by atoms with Crippen LogP contribution in [0, 0.1) is 22.7 Å². The molecular formula is C20H42. The lowest BCUT2D eigenvalue weighted by molar-refractivity contribution is 0.0865. The van der Waals surface area contributed by atoms with Crippen molar-refractivity contribution in [2.75, 3.05) is 0 Å². The van der Waals surface area contributed by atoms with Crippen molar-refractivity contribution in [2.45, 2.75) is 107 Å². The van der Waals surface area contributed by atoms with Gasteiger partial charge in [-0.1, -0.05) is 93.9 Å². The fourth-order valence-corrected chi connectivity index (χ4v) is 4.27. The predicted molar refractivity (Wildman–Crippen MR) is 94.2 cm³/mol. The topological polar surface area (TPSA) is 0 Å². The van der Waals surface area contributed by atoms with Crippen molar-refractivity contribution in [3.05, 3.63) is 0 Å². The summed E-state index contributed by atoms with van der Waals surface area (Å²) >= 11 is 0. The van der Waals surface area contributed by atoms with Crippen LogP contribution in [0.25, 0.3) is 0 Å². The molecule has 0 radical (unpaired) electrons. The molecular weight excluding hydrogens is 240 g/mol. The molecule has 0 heterocycles. The summed E-state index contributed by atoms with van der Waals surface area (Å²) in [6, 6.07) is 0. The van der Waals surface area contributed by atoms with E-state index < -0.39 is 0 Å². The molecule has 0 aliphatic carbocycles. The smallest absolute Gasteiger partial charge is 0.0318 e. The molecule has 0 fully saturated rings. The minimum Gasteiger partial charge on any atom is -0.0654 e. The average Bonchev–Trinajstić information content (AvgIpc) is 2.23. The summed E-state index contributed by atoms with van der Waals surface area (Å²) in [6.07, 6.45) is 11.3. The lowest BCUT2D eigenvalue weighted by Crippen LogP contribution is -2.32. The highest BCUT2D eigenvalue weighted by atomic mass is 14.4. The van der Waals surface area contributed by atoms with Gasteiger partial charge in [0.15, 0.2) is 0 Å². The van der Waals surface area contributed by atoms with E-state index in [1.165, 1.54) is 51.4 Å². The van der Waals surface area contributed by atoms with Crippen molar-refractivity contribution < 1.29 is 0 Å². The van der Waals surface area contributed by atoms with Gasteiger partial charge in [0.2, 0.25) is 0 Å². The Labute approximate surface area is 130 Å². The molecule has 0 heteroatoms. The van der Waals surface area contributed by atoms with Crippen molar-refractivity contribution >= 4 is 0 Å². The van der Waals surface area contributed by atoms with Gasteiger partial charge in [0.1, 0.15) is 0 Å². The summed E-state index contributed by atoms with van der Waals surface area (Å²) in [4.78, 5) is 0. The summed E-state index contributed by atoms with van der Waals surface area (Å²) in [7, 11) is 0. The number of hydrogen-bond donors (Lipinski definition) is 0. The third-order valence-corrected chi connectivity index (χ3v) is 4.66. The summed E-state index contributed by atoms with van der Waals surface area (Å²) in [5.74, 6) is 1.68. The molecule has 0 amide bonds. The Morgan fingerprint density at radius 1 is 0.750 bits per heavy atom. The molecule has 0 bridgehead atoms. The first-order valence-electron chi connectivity index (χ1n) is 9.10. The van der Waals surface area contributed by atoms with Gasteiger partial charge in [-0.25, -0.2) is 0 Å². The van der Waals surface area contributed by atoms with E-state index in [2.05, 4.69) is 55.4 Å². The van der Waals surface area contributed by atoms with Crippen LogP contribution in [0.3, 0.4) is 0 Å². The van der Waals surface area contributed by atoms with E-state index in [4.69, 9.17) is 0 Å². The third-order valence-electron chi connectivity index (χ3n) is 4.66. The van der Waals surface area contributed by atoms with E-state index in [0.717, 1.165) is 11.8 Å². The minimum absolute atomic E-state index is 0.442. The van der Waals surface area contributed by atoms with Gasteiger partial charge >= 0.3 is 0 Å². The van der Waals surface area contributed by atoms with Gasteiger partial charge < -0.3 is 0 Å². The second-order valence-electron chi connectivity index (χ2n) is 9.13. The van der Waals surface area contributed by atoms with E-state index in [1.807, 2.05) is 0 Å². The molecule has 0 rings (SSSR count). The van der Waals surface area contributed by atoms with Crippen LogP contribution in [0.1, 0.15) is 107 Å². The molecule has 0 aromatic carbocycles. The molecule has 0 nitrogen and oxygen atoms in total. The van der Waals surface area contributed by atoms with Crippen LogP contribution in [0.2, 0.25) is 0 Å². The zero-order valence-electron chi connectivity index (χ0n) is 15.8. The Balaban J connectivity index is 4.28. The highest BCUT2D eigenvalue weighted by Gasteiger charge is 2.34. The maximum absolute atomic E-state index is 2.50. The van der Waals surface area contributed by atoms with Gasteiger partial charge in [-0.2, -0.15) is 0 Å². The quantitative estimate of drug-likeness (QED) is 0.364. The number of hydrogen-bond acceptors (Lipinski definition) is 0. The standard InChI is InChI=1S/C20H42/c1-9-10-11-12-13-14-15-18(17(2)3)20(7,8)16-19(4,5)6/h17-18H,9-16H2,1-8H3. The first-order chi connectivity index (χ1) is 9.10. The molecule has 0 saturated carbocycles. The van der Waals surface area contributed by atoms with Gasteiger partial charge in [0.25, 0.3) is 0 Å². The first-order valence-corrected chi connectivity index (χ1v) is 9.10. The molecule has 1 unspecified atom stereocenters. The fraction of sp³-hybridized carbons (Fsp3) is 1.00. The number of rotatable bonds is 10. The van der Waals surface area contributed by atoms with E-state index in [1.54, 1.807) is 0 Å². The molecule has 0 spiro atoms. The summed E-state index contributed by atoms with van der Waals surface area (Å²) in [5, 5.41) is 0. The maximum atomic E-state index is 2.50. The molecule has 122 valence electrons. The lowest BCUT2D eigenvalue weighted by Gasteiger charge is -2.41. The molecule has 0 aromatic rings. The van der Waals surface area contributed by atoms with Crippen molar-refractivity contribution in [1.82, 2.24) is 0 Å². The van der Waals surface area contributed by atoms with Crippen molar-refractivity contribution in [3.8, 4) is 0 Å². The van der Waals surface area contributed by atoms with Gasteiger partial charge in [-0.15, -0.1) is 0 Å². The molecule has 0 saturated heterocycles. The number of unbranched alkanes of at least 4 members (excludes halogenated alkanes) is 5. The van der Waals surface area contributed by atoms with E-state index >= 15 is 0 Å². The van der Waals surface area contributed by atoms with Crippen molar-refractivity contribution in [3.63, 3.8) is 0 Å². The van der Waals surface area contributed by atoms with Gasteiger partial charge in [-0.3, -0.25) is 0 Å². The Morgan fingerprint density at radius 2 is 1.25 bits per heavy atom. The molecule has 20 heavy (non-hydrogen) atoms. The zero-order chi connectivity index (χ0) is 15.8. The Kier molecular flexibility index (Phi) is 9.11. The zero-order valence-corrected chi connectivity index (χ0v) is 15.8. The van der Waals surface area contributed by atoms with Gasteiger partial charge in [-0.05, 0) is 35.5 Å². The normalized spacial score (nSPS) is 14.8. The van der Waals surface area contributed by atoms with Crippen LogP contribution in [0.15, 0.2) is 0 Å². The SMILES string of the molecule is CCCCCCCCC(C(C)C)C(C)(C)CC(C)(C)C. The van der Waals surface area contributed by atoms with Crippen molar-refractivity contribution in [1.29, 1.82) is 0 Å². The van der Waals surface area contributed by atoms with Crippen LogP contribution in [-0.4, -0.2) is 0 Å². The average molecular weight is 283 g/mol.